The summed E-state index contributed by atoms with van der Waals surface area (Å²) < 4.78 is 8.53. The molecule has 2 aromatic carbocycles. The summed E-state index contributed by atoms with van der Waals surface area (Å²) in [4.78, 5) is 11.7. The van der Waals surface area contributed by atoms with Crippen molar-refractivity contribution in [2.24, 2.45) is 0 Å². The van der Waals surface area contributed by atoms with Gasteiger partial charge in [0.25, 0.3) is 0 Å². The molecule has 0 aliphatic rings. The van der Waals surface area contributed by atoms with Gasteiger partial charge < -0.3 is 9.32 Å². The Hall–Kier alpha value is -2.86. The molecule has 1 N–H and O–H groups in total. The van der Waals surface area contributed by atoms with Crippen LogP contribution in [0, 0.1) is 6.92 Å². The van der Waals surface area contributed by atoms with Crippen molar-refractivity contribution in [2.75, 3.05) is 19.6 Å². The fourth-order valence-electron chi connectivity index (χ4n) is 4.01. The lowest BCUT2D eigenvalue weighted by Gasteiger charge is -2.18. The van der Waals surface area contributed by atoms with Crippen LogP contribution in [0.2, 0.25) is 0 Å². The third-order valence-electron chi connectivity index (χ3n) is 5.46. The SMILES string of the molecule is CCN(CC)CCn1[nH]c2c3ccccc3oc3c4nc(C)nc4cc1c23. The topological polar surface area (TPSA) is 62.9 Å². The standard InChI is InChI=1S/C21H23N5O/c1-4-25(5-2)10-11-26-16-12-15-20(23-13(3)22-15)21-18(16)19(24-26)14-8-6-7-9-17(14)27-21/h6-9,12,24H,4-5,10-11H2,1-3H3. The highest BCUT2D eigenvalue weighted by Crippen LogP contribution is 2.37. The first-order chi connectivity index (χ1) is 13.2. The molecule has 5 aromatic rings. The number of likely N-dealkylation sites (N-methyl/N-ethyl adjacent to an activating group) is 1. The van der Waals surface area contributed by atoms with Gasteiger partial charge in [-0.3, -0.25) is 9.78 Å². The lowest BCUT2D eigenvalue weighted by Crippen LogP contribution is -2.27. The van der Waals surface area contributed by atoms with E-state index in [4.69, 9.17) is 4.42 Å². The minimum Gasteiger partial charge on any atom is -0.453 e. The van der Waals surface area contributed by atoms with Gasteiger partial charge in [-0.15, -0.1) is 0 Å². The number of aromatic amines is 1. The molecule has 138 valence electrons. The number of aryl methyl sites for hydroxylation is 1. The van der Waals surface area contributed by atoms with Crippen molar-refractivity contribution in [2.45, 2.75) is 27.3 Å². The molecular formula is C21H23N5O. The first-order valence-electron chi connectivity index (χ1n) is 9.58. The van der Waals surface area contributed by atoms with Crippen LogP contribution in [0.5, 0.6) is 0 Å². The van der Waals surface area contributed by atoms with E-state index in [-0.39, 0.29) is 0 Å². The van der Waals surface area contributed by atoms with Crippen LogP contribution in [0.25, 0.3) is 44.0 Å². The predicted molar refractivity (Wildman–Crippen MR) is 109 cm³/mol. The van der Waals surface area contributed by atoms with E-state index >= 15 is 0 Å². The number of nitrogens with zero attached hydrogens (tertiary/aromatic N) is 4. The number of fused-ring (bicyclic) bond motifs is 4. The Morgan fingerprint density at radius 1 is 1.15 bits per heavy atom. The molecule has 0 amide bonds. The molecule has 5 rings (SSSR count). The van der Waals surface area contributed by atoms with E-state index in [2.05, 4.69) is 50.6 Å². The third kappa shape index (κ3) is 2.44. The lowest BCUT2D eigenvalue weighted by atomic mass is 10.1. The van der Waals surface area contributed by atoms with Crippen molar-refractivity contribution < 1.29 is 4.42 Å². The smallest absolute Gasteiger partial charge is 0.166 e. The summed E-state index contributed by atoms with van der Waals surface area (Å²) in [6.45, 7) is 10.3. The Labute approximate surface area is 156 Å². The molecule has 3 aromatic heterocycles. The second-order valence-corrected chi connectivity index (χ2v) is 7.00. The van der Waals surface area contributed by atoms with Crippen LogP contribution in [-0.4, -0.2) is 44.3 Å². The van der Waals surface area contributed by atoms with E-state index in [1.54, 1.807) is 0 Å². The monoisotopic (exact) mass is 361 g/mol. The predicted octanol–water partition coefficient (Wildman–Crippen LogP) is 4.46. The highest BCUT2D eigenvalue weighted by atomic mass is 16.3. The van der Waals surface area contributed by atoms with Crippen LogP contribution in [-0.2, 0) is 6.54 Å². The van der Waals surface area contributed by atoms with Crippen molar-refractivity contribution in [3.05, 3.63) is 36.2 Å². The van der Waals surface area contributed by atoms with Crippen molar-refractivity contribution in [3.63, 3.8) is 0 Å². The quantitative estimate of drug-likeness (QED) is 0.469. The fraction of sp³-hybridized carbons (Fsp3) is 0.333. The fourth-order valence-corrected chi connectivity index (χ4v) is 4.01. The van der Waals surface area contributed by atoms with Crippen LogP contribution in [0.3, 0.4) is 0 Å². The summed E-state index contributed by atoms with van der Waals surface area (Å²) in [6.07, 6.45) is 0. The van der Waals surface area contributed by atoms with Crippen molar-refractivity contribution >= 4 is 44.0 Å². The number of benzene rings is 2. The zero-order valence-corrected chi connectivity index (χ0v) is 15.9. The molecule has 0 saturated heterocycles. The van der Waals surface area contributed by atoms with Gasteiger partial charge in [-0.05, 0) is 38.2 Å². The number of imidazole rings is 1. The average Bonchev–Trinajstić information content (AvgIpc) is 3.24. The summed E-state index contributed by atoms with van der Waals surface area (Å²) in [5.41, 5.74) is 5.62. The number of aromatic nitrogens is 4. The van der Waals surface area contributed by atoms with E-state index in [0.717, 1.165) is 76.0 Å². The minimum absolute atomic E-state index is 0.775. The minimum atomic E-state index is 0.775. The first kappa shape index (κ1) is 16.3. The van der Waals surface area contributed by atoms with Gasteiger partial charge in [0.15, 0.2) is 5.58 Å². The first-order valence-corrected chi connectivity index (χ1v) is 9.58. The number of hydrogen-bond acceptors (Lipinski definition) is 4. The van der Waals surface area contributed by atoms with E-state index in [9.17, 15) is 0 Å². The Bertz CT molecular complexity index is 1270. The summed E-state index contributed by atoms with van der Waals surface area (Å²) >= 11 is 0. The molecular weight excluding hydrogens is 338 g/mol. The van der Waals surface area contributed by atoms with Gasteiger partial charge in [0, 0.05) is 11.9 Å². The average molecular weight is 361 g/mol. The Morgan fingerprint density at radius 2 is 1.96 bits per heavy atom. The molecule has 0 radical (unpaired) electrons. The highest BCUT2D eigenvalue weighted by Gasteiger charge is 2.19. The van der Waals surface area contributed by atoms with E-state index < -0.39 is 0 Å². The van der Waals surface area contributed by atoms with Gasteiger partial charge in [0.05, 0.1) is 28.5 Å². The lowest BCUT2D eigenvalue weighted by molar-refractivity contribution is 0.287. The Kier molecular flexibility index (Phi) is 3.68. The van der Waals surface area contributed by atoms with Crippen molar-refractivity contribution in [1.29, 1.82) is 0 Å². The van der Waals surface area contributed by atoms with Gasteiger partial charge in [0.2, 0.25) is 0 Å². The summed E-state index contributed by atoms with van der Waals surface area (Å²) in [5.74, 6) is 0.775. The summed E-state index contributed by atoms with van der Waals surface area (Å²) in [6, 6.07) is 10.3. The summed E-state index contributed by atoms with van der Waals surface area (Å²) in [5, 5.41) is 5.81. The Balaban J connectivity index is 1.83. The zero-order chi connectivity index (χ0) is 18.5. The molecule has 27 heavy (non-hydrogen) atoms. The maximum absolute atomic E-state index is 6.31. The van der Waals surface area contributed by atoms with Gasteiger partial charge in [-0.2, -0.15) is 0 Å². The molecule has 3 heterocycles. The molecule has 6 heteroatoms. The van der Waals surface area contributed by atoms with Gasteiger partial charge in [-0.1, -0.05) is 26.0 Å². The van der Waals surface area contributed by atoms with Gasteiger partial charge in [-0.25, -0.2) is 9.97 Å². The molecule has 0 atom stereocenters. The van der Waals surface area contributed by atoms with Crippen LogP contribution in [0.4, 0.5) is 0 Å². The number of nitrogens with one attached hydrogen (secondary N) is 1. The van der Waals surface area contributed by atoms with Crippen LogP contribution in [0.15, 0.2) is 34.7 Å². The van der Waals surface area contributed by atoms with E-state index in [0.29, 0.717) is 0 Å². The van der Waals surface area contributed by atoms with Crippen molar-refractivity contribution in [1.82, 2.24) is 24.6 Å². The number of para-hydroxylation sites is 1. The molecule has 0 spiro atoms. The van der Waals surface area contributed by atoms with Gasteiger partial charge in [0.1, 0.15) is 16.9 Å². The molecule has 6 nitrogen and oxygen atoms in total. The summed E-state index contributed by atoms with van der Waals surface area (Å²) in [7, 11) is 0. The van der Waals surface area contributed by atoms with Crippen LogP contribution in [0.1, 0.15) is 19.7 Å². The number of H-pyrrole nitrogens is 1. The van der Waals surface area contributed by atoms with Crippen LogP contribution < -0.4 is 0 Å². The van der Waals surface area contributed by atoms with E-state index in [1.165, 1.54) is 0 Å². The van der Waals surface area contributed by atoms with E-state index in [1.807, 2.05) is 25.1 Å². The largest absolute Gasteiger partial charge is 0.453 e. The molecule has 0 saturated carbocycles. The number of hydrogen-bond donors (Lipinski definition) is 1. The molecule has 0 aliphatic heterocycles. The number of rotatable bonds is 5. The molecule has 0 fully saturated rings. The third-order valence-corrected chi connectivity index (χ3v) is 5.46. The van der Waals surface area contributed by atoms with Crippen molar-refractivity contribution in [3.8, 4) is 0 Å². The normalized spacial score (nSPS) is 12.4. The second-order valence-electron chi connectivity index (χ2n) is 7.00. The maximum atomic E-state index is 6.31. The van der Waals surface area contributed by atoms with Crippen LogP contribution >= 0.6 is 0 Å². The zero-order valence-electron chi connectivity index (χ0n) is 15.9. The molecule has 0 aliphatic carbocycles. The molecule has 0 unspecified atom stereocenters. The Morgan fingerprint density at radius 3 is 2.78 bits per heavy atom. The second kappa shape index (κ2) is 6.09. The molecule has 0 bridgehead atoms. The highest BCUT2D eigenvalue weighted by molar-refractivity contribution is 6.21. The van der Waals surface area contributed by atoms with Gasteiger partial charge >= 0.3 is 0 Å². The maximum Gasteiger partial charge on any atom is 0.166 e.